The normalized spacial score (nSPS) is 11.3. The molecule has 0 bridgehead atoms. The third kappa shape index (κ3) is 3.45. The summed E-state index contributed by atoms with van der Waals surface area (Å²) in [5, 5.41) is 2.96. The predicted octanol–water partition coefficient (Wildman–Crippen LogP) is 1.31. The second-order valence-corrected chi connectivity index (χ2v) is 6.65. The van der Waals surface area contributed by atoms with Gasteiger partial charge in [0.25, 0.3) is 0 Å². The molecule has 0 fully saturated rings. The molecule has 0 saturated heterocycles. The Bertz CT molecular complexity index is 712. The van der Waals surface area contributed by atoms with Crippen LogP contribution in [0, 0.1) is 0 Å². The molecule has 20 heavy (non-hydrogen) atoms. The van der Waals surface area contributed by atoms with Gasteiger partial charge in [-0.15, -0.1) is 0 Å². The molecule has 2 aromatic rings. The molecule has 0 unspecified atom stereocenters. The van der Waals surface area contributed by atoms with Gasteiger partial charge in [-0.25, -0.2) is 13.4 Å². The zero-order valence-electron chi connectivity index (χ0n) is 11.3. The summed E-state index contributed by atoms with van der Waals surface area (Å²) in [6.07, 6.45) is 2.85. The minimum Gasteiger partial charge on any atom is -0.372 e. The highest BCUT2D eigenvalue weighted by atomic mass is 32.2. The quantitative estimate of drug-likeness (QED) is 0.881. The summed E-state index contributed by atoms with van der Waals surface area (Å²) in [5.74, 6) is 0.866. The Morgan fingerprint density at radius 2 is 1.90 bits per heavy atom. The average molecular weight is 292 g/mol. The van der Waals surface area contributed by atoms with Gasteiger partial charge in [0.1, 0.15) is 5.82 Å². The van der Waals surface area contributed by atoms with Gasteiger partial charge in [-0.05, 0) is 11.1 Å². The molecule has 0 atom stereocenters. The molecule has 1 aromatic heterocycles. The van der Waals surface area contributed by atoms with Crippen LogP contribution in [0.3, 0.4) is 0 Å². The highest BCUT2D eigenvalue weighted by molar-refractivity contribution is 7.89. The molecule has 0 amide bonds. The molecule has 0 aliphatic rings. The summed E-state index contributed by atoms with van der Waals surface area (Å²) in [4.78, 5) is 8.09. The minimum atomic E-state index is -3.03. The van der Waals surface area contributed by atoms with Gasteiger partial charge in [0.15, 0.2) is 9.84 Å². The molecule has 1 aromatic carbocycles. The molecule has 0 radical (unpaired) electrons. The van der Waals surface area contributed by atoms with Crippen LogP contribution >= 0.6 is 0 Å². The van der Waals surface area contributed by atoms with Crippen molar-refractivity contribution < 1.29 is 8.42 Å². The van der Waals surface area contributed by atoms with Gasteiger partial charge in [0, 0.05) is 25.1 Å². The summed E-state index contributed by atoms with van der Waals surface area (Å²) in [5.41, 5.74) is 8.00. The molecule has 0 aliphatic heterocycles. The number of aromatic nitrogens is 2. The van der Waals surface area contributed by atoms with Crippen molar-refractivity contribution in [1.82, 2.24) is 9.97 Å². The van der Waals surface area contributed by atoms with E-state index in [1.165, 1.54) is 6.26 Å². The van der Waals surface area contributed by atoms with Gasteiger partial charge < -0.3 is 11.1 Å². The standard InChI is InChI=1S/C13H16N4O2S/c1-15-12-11(7-16-13(14)17-12)10-5-3-9(4-6-10)8-20(2,18)19/h3-7H,8H2,1-2H3,(H3,14,15,16,17). The first-order chi connectivity index (χ1) is 9.39. The van der Waals surface area contributed by atoms with Crippen LogP contribution < -0.4 is 11.1 Å². The summed E-state index contributed by atoms with van der Waals surface area (Å²) in [7, 11) is -1.27. The maximum Gasteiger partial charge on any atom is 0.221 e. The lowest BCUT2D eigenvalue weighted by Crippen LogP contribution is -2.02. The van der Waals surface area contributed by atoms with E-state index in [0.29, 0.717) is 5.82 Å². The third-order valence-electron chi connectivity index (χ3n) is 2.74. The van der Waals surface area contributed by atoms with Crippen molar-refractivity contribution in [2.45, 2.75) is 5.75 Å². The van der Waals surface area contributed by atoms with E-state index in [1.807, 2.05) is 12.1 Å². The topological polar surface area (TPSA) is 98.0 Å². The van der Waals surface area contributed by atoms with Gasteiger partial charge in [-0.2, -0.15) is 4.98 Å². The fraction of sp³-hybridized carbons (Fsp3) is 0.231. The van der Waals surface area contributed by atoms with Crippen molar-refractivity contribution in [3.05, 3.63) is 36.0 Å². The Hall–Kier alpha value is -2.15. The van der Waals surface area contributed by atoms with Gasteiger partial charge >= 0.3 is 0 Å². The molecule has 0 aliphatic carbocycles. The van der Waals surface area contributed by atoms with E-state index >= 15 is 0 Å². The van der Waals surface area contributed by atoms with E-state index < -0.39 is 9.84 Å². The van der Waals surface area contributed by atoms with E-state index in [1.54, 1.807) is 25.4 Å². The molecule has 106 valence electrons. The van der Waals surface area contributed by atoms with Crippen LogP contribution in [-0.2, 0) is 15.6 Å². The molecular weight excluding hydrogens is 276 g/mol. The SMILES string of the molecule is CNc1nc(N)ncc1-c1ccc(CS(C)(=O)=O)cc1. The van der Waals surface area contributed by atoms with Crippen molar-refractivity contribution in [3.63, 3.8) is 0 Å². The molecule has 2 rings (SSSR count). The summed E-state index contributed by atoms with van der Waals surface area (Å²) in [6, 6.07) is 7.25. The first-order valence-electron chi connectivity index (χ1n) is 5.96. The second-order valence-electron chi connectivity index (χ2n) is 4.51. The largest absolute Gasteiger partial charge is 0.372 e. The lowest BCUT2D eigenvalue weighted by molar-refractivity contribution is 0.601. The number of hydrogen-bond donors (Lipinski definition) is 2. The Morgan fingerprint density at radius 3 is 2.45 bits per heavy atom. The van der Waals surface area contributed by atoms with Crippen LogP contribution in [0.4, 0.5) is 11.8 Å². The van der Waals surface area contributed by atoms with E-state index in [0.717, 1.165) is 16.7 Å². The minimum absolute atomic E-state index is 0.0321. The fourth-order valence-corrected chi connectivity index (χ4v) is 2.68. The number of nitrogen functional groups attached to an aromatic ring is 1. The first-order valence-corrected chi connectivity index (χ1v) is 8.02. The van der Waals surface area contributed by atoms with Crippen LogP contribution in [0.1, 0.15) is 5.56 Å². The molecule has 6 nitrogen and oxygen atoms in total. The number of nitrogens with zero attached hydrogens (tertiary/aromatic N) is 2. The Kier molecular flexibility index (Phi) is 3.89. The van der Waals surface area contributed by atoms with Crippen LogP contribution in [-0.4, -0.2) is 31.7 Å². The summed E-state index contributed by atoms with van der Waals surface area (Å²) < 4.78 is 22.5. The zero-order chi connectivity index (χ0) is 14.8. The number of benzene rings is 1. The maximum absolute atomic E-state index is 11.2. The van der Waals surface area contributed by atoms with E-state index in [-0.39, 0.29) is 11.7 Å². The number of rotatable bonds is 4. The number of nitrogens with two attached hydrogens (primary N) is 1. The van der Waals surface area contributed by atoms with E-state index in [4.69, 9.17) is 5.73 Å². The summed E-state index contributed by atoms with van der Waals surface area (Å²) in [6.45, 7) is 0. The monoisotopic (exact) mass is 292 g/mol. The summed E-state index contributed by atoms with van der Waals surface area (Å²) >= 11 is 0. The Balaban J connectivity index is 2.35. The van der Waals surface area contributed by atoms with Crippen LogP contribution in [0.15, 0.2) is 30.5 Å². The van der Waals surface area contributed by atoms with Crippen molar-refractivity contribution in [3.8, 4) is 11.1 Å². The van der Waals surface area contributed by atoms with Crippen molar-refractivity contribution in [1.29, 1.82) is 0 Å². The highest BCUT2D eigenvalue weighted by Gasteiger charge is 2.08. The van der Waals surface area contributed by atoms with Crippen molar-refractivity contribution in [2.75, 3.05) is 24.4 Å². The van der Waals surface area contributed by atoms with Crippen LogP contribution in [0.25, 0.3) is 11.1 Å². The van der Waals surface area contributed by atoms with Gasteiger partial charge in [-0.3, -0.25) is 0 Å². The predicted molar refractivity (Wildman–Crippen MR) is 80.0 cm³/mol. The number of sulfone groups is 1. The molecule has 1 heterocycles. The number of nitrogens with one attached hydrogen (secondary N) is 1. The van der Waals surface area contributed by atoms with E-state index in [2.05, 4.69) is 15.3 Å². The smallest absolute Gasteiger partial charge is 0.221 e. The third-order valence-corrected chi connectivity index (χ3v) is 3.60. The first kappa shape index (κ1) is 14.3. The number of hydrogen-bond acceptors (Lipinski definition) is 6. The average Bonchev–Trinajstić information content (AvgIpc) is 2.38. The molecular formula is C13H16N4O2S. The van der Waals surface area contributed by atoms with Gasteiger partial charge in [0.2, 0.25) is 5.95 Å². The molecule has 0 saturated carbocycles. The van der Waals surface area contributed by atoms with Gasteiger partial charge in [-0.1, -0.05) is 24.3 Å². The van der Waals surface area contributed by atoms with Crippen molar-refractivity contribution >= 4 is 21.6 Å². The van der Waals surface area contributed by atoms with Crippen molar-refractivity contribution in [2.24, 2.45) is 0 Å². The zero-order valence-corrected chi connectivity index (χ0v) is 12.1. The maximum atomic E-state index is 11.2. The van der Waals surface area contributed by atoms with E-state index in [9.17, 15) is 8.42 Å². The lowest BCUT2D eigenvalue weighted by atomic mass is 10.1. The Morgan fingerprint density at radius 1 is 1.25 bits per heavy atom. The second kappa shape index (κ2) is 5.46. The fourth-order valence-electron chi connectivity index (χ4n) is 1.88. The molecule has 0 spiro atoms. The highest BCUT2D eigenvalue weighted by Crippen LogP contribution is 2.26. The number of anilines is 2. The van der Waals surface area contributed by atoms with Crippen LogP contribution in [0.2, 0.25) is 0 Å². The van der Waals surface area contributed by atoms with Crippen LogP contribution in [0.5, 0.6) is 0 Å². The molecule has 3 N–H and O–H groups in total. The lowest BCUT2D eigenvalue weighted by Gasteiger charge is -2.09. The van der Waals surface area contributed by atoms with Gasteiger partial charge in [0.05, 0.1) is 5.75 Å². The molecule has 7 heteroatoms. The Labute approximate surface area is 118 Å².